The number of H-pyrrole nitrogens is 1. The van der Waals surface area contributed by atoms with Gasteiger partial charge in [-0.2, -0.15) is 5.10 Å². The van der Waals surface area contributed by atoms with Crippen LogP contribution in [0.3, 0.4) is 0 Å². The highest BCUT2D eigenvalue weighted by Crippen LogP contribution is 2.36. The molecule has 1 fully saturated rings. The second kappa shape index (κ2) is 7.99. The molecule has 0 spiro atoms. The maximum atomic E-state index is 13.6. The summed E-state index contributed by atoms with van der Waals surface area (Å²) in [6.45, 7) is 0.973. The Balaban J connectivity index is 1.80. The van der Waals surface area contributed by atoms with Crippen molar-refractivity contribution in [1.29, 1.82) is 0 Å². The minimum Gasteiger partial charge on any atom is -0.478 e. The van der Waals surface area contributed by atoms with Crippen molar-refractivity contribution < 1.29 is 18.7 Å². The maximum Gasteiger partial charge on any atom is 0.335 e. The van der Waals surface area contributed by atoms with Gasteiger partial charge in [-0.05, 0) is 24.1 Å². The third-order valence-electron chi connectivity index (χ3n) is 4.85. The molecule has 3 N–H and O–H groups in total. The summed E-state index contributed by atoms with van der Waals surface area (Å²) < 4.78 is 27.6. The fourth-order valence-corrected chi connectivity index (χ4v) is 4.08. The molecule has 1 saturated heterocycles. The number of aromatic amines is 1. The number of hydrogen-bond donors (Lipinski definition) is 3. The van der Waals surface area contributed by atoms with Crippen molar-refractivity contribution >= 4 is 27.7 Å². The van der Waals surface area contributed by atoms with Gasteiger partial charge in [-0.3, -0.25) is 15.0 Å². The van der Waals surface area contributed by atoms with E-state index in [0.29, 0.717) is 40.4 Å². The Morgan fingerprint density at radius 3 is 2.86 bits per heavy atom. The second-order valence-corrected chi connectivity index (χ2v) is 7.68. The highest BCUT2D eigenvalue weighted by atomic mass is 79.9. The number of likely N-dealkylation sites (tertiary alicyclic amines) is 1. The van der Waals surface area contributed by atoms with Crippen molar-refractivity contribution in [2.24, 2.45) is 4.99 Å². The number of halogens is 3. The molecule has 1 aromatic heterocycles. The normalized spacial score (nSPS) is 22.5. The van der Waals surface area contributed by atoms with Crippen molar-refractivity contribution in [3.05, 3.63) is 57.5 Å². The highest BCUT2D eigenvalue weighted by molar-refractivity contribution is 9.10. The average molecular weight is 467 g/mol. The topological polar surface area (TPSA) is 107 Å². The summed E-state index contributed by atoms with van der Waals surface area (Å²) in [7, 11) is 0. The van der Waals surface area contributed by atoms with Gasteiger partial charge < -0.3 is 10.4 Å². The van der Waals surface area contributed by atoms with Crippen LogP contribution in [0.25, 0.3) is 0 Å². The Kier molecular flexibility index (Phi) is 5.41. The summed E-state index contributed by atoms with van der Waals surface area (Å²) in [6, 6.07) is 3.08. The third-order valence-corrected chi connectivity index (χ3v) is 5.54. The molecule has 1 aromatic carbocycles. The number of benzene rings is 1. The van der Waals surface area contributed by atoms with Crippen LogP contribution in [0.2, 0.25) is 0 Å². The van der Waals surface area contributed by atoms with E-state index in [1.807, 2.05) is 4.90 Å². The van der Waals surface area contributed by atoms with Crippen LogP contribution in [-0.4, -0.2) is 62.8 Å². The molecular weight excluding hydrogens is 450 g/mol. The Bertz CT molecular complexity index is 994. The Morgan fingerprint density at radius 2 is 2.24 bits per heavy atom. The number of nitrogens with one attached hydrogen (secondary N) is 2. The van der Waals surface area contributed by atoms with Gasteiger partial charge in [0.2, 0.25) is 0 Å². The number of hydrogen-bond acceptors (Lipinski definition) is 6. The average Bonchev–Trinajstić information content (AvgIpc) is 3.33. The van der Waals surface area contributed by atoms with Gasteiger partial charge in [-0.25, -0.2) is 18.6 Å². The van der Waals surface area contributed by atoms with Gasteiger partial charge in [0.1, 0.15) is 24.4 Å². The van der Waals surface area contributed by atoms with Crippen LogP contribution in [-0.2, 0) is 4.79 Å². The van der Waals surface area contributed by atoms with Crippen LogP contribution >= 0.6 is 15.9 Å². The van der Waals surface area contributed by atoms with E-state index in [0.717, 1.165) is 0 Å². The molecule has 29 heavy (non-hydrogen) atoms. The summed E-state index contributed by atoms with van der Waals surface area (Å²) >= 11 is 3.30. The lowest BCUT2D eigenvalue weighted by Crippen LogP contribution is -2.39. The van der Waals surface area contributed by atoms with Crippen LogP contribution in [0.4, 0.5) is 8.78 Å². The van der Waals surface area contributed by atoms with E-state index >= 15 is 0 Å². The van der Waals surface area contributed by atoms with Gasteiger partial charge in [0, 0.05) is 29.8 Å². The lowest BCUT2D eigenvalue weighted by molar-refractivity contribution is -0.133. The second-order valence-electron chi connectivity index (χ2n) is 6.82. The van der Waals surface area contributed by atoms with Gasteiger partial charge in [0.15, 0.2) is 11.7 Å². The van der Waals surface area contributed by atoms with Gasteiger partial charge in [0.05, 0.1) is 5.57 Å². The fraction of sp³-hybridized carbons (Fsp3) is 0.333. The Hall–Kier alpha value is -2.66. The number of carboxylic acid groups (broad SMARTS) is 1. The lowest BCUT2D eigenvalue weighted by Gasteiger charge is -2.28. The van der Waals surface area contributed by atoms with Crippen molar-refractivity contribution in [1.82, 2.24) is 25.4 Å². The monoisotopic (exact) mass is 466 g/mol. The van der Waals surface area contributed by atoms with Crippen LogP contribution in [0.15, 0.2) is 45.3 Å². The van der Waals surface area contributed by atoms with E-state index in [4.69, 9.17) is 0 Å². The number of rotatable bonds is 5. The molecule has 2 aliphatic heterocycles. The number of aromatic nitrogens is 3. The molecule has 4 rings (SSSR count). The molecule has 152 valence electrons. The number of alkyl halides is 1. The molecular formula is C18H17BrF2N6O2. The number of aliphatic imine (C=N–C) groups is 1. The minimum absolute atomic E-state index is 0.0166. The van der Waals surface area contributed by atoms with Crippen molar-refractivity contribution in [2.45, 2.75) is 18.6 Å². The molecule has 1 unspecified atom stereocenters. The van der Waals surface area contributed by atoms with E-state index < -0.39 is 24.0 Å². The molecule has 0 saturated carbocycles. The smallest absolute Gasteiger partial charge is 0.335 e. The zero-order chi connectivity index (χ0) is 20.5. The number of aliphatic carboxylic acids is 1. The standard InChI is InChI=1S/C18H17BrF2N6O2/c19-12-5-9(20)1-2-11(12)15-14(18(28)29)13(7-27-4-3-10(21)6-27)24-17(25-15)16-22-8-23-26-16/h1-2,5,8,10,15H,3-4,6-7H2,(H,24,25)(H,28,29)(H,22,23,26)/t10-,15?/m1/s1. The molecule has 0 radical (unpaired) electrons. The minimum atomic E-state index is -1.16. The maximum absolute atomic E-state index is 13.6. The molecule has 2 aliphatic rings. The zero-order valence-corrected chi connectivity index (χ0v) is 16.7. The summed E-state index contributed by atoms with van der Waals surface area (Å²) in [5.41, 5.74) is 0.890. The summed E-state index contributed by atoms with van der Waals surface area (Å²) in [5.74, 6) is -0.981. The van der Waals surface area contributed by atoms with Crippen LogP contribution in [0.1, 0.15) is 23.9 Å². The predicted octanol–water partition coefficient (Wildman–Crippen LogP) is 2.18. The predicted molar refractivity (Wildman–Crippen MR) is 104 cm³/mol. The fourth-order valence-electron chi connectivity index (χ4n) is 3.51. The molecule has 0 amide bonds. The third kappa shape index (κ3) is 4.06. The van der Waals surface area contributed by atoms with Crippen molar-refractivity contribution in [3.8, 4) is 0 Å². The zero-order valence-electron chi connectivity index (χ0n) is 15.1. The lowest BCUT2D eigenvalue weighted by atomic mass is 9.95. The number of amidine groups is 1. The first-order valence-corrected chi connectivity index (χ1v) is 9.70. The van der Waals surface area contributed by atoms with E-state index in [9.17, 15) is 18.7 Å². The largest absolute Gasteiger partial charge is 0.478 e. The van der Waals surface area contributed by atoms with Gasteiger partial charge in [-0.15, -0.1) is 0 Å². The summed E-state index contributed by atoms with van der Waals surface area (Å²) in [4.78, 5) is 22.6. The summed E-state index contributed by atoms with van der Waals surface area (Å²) in [6.07, 6.45) is 0.787. The van der Waals surface area contributed by atoms with Crippen molar-refractivity contribution in [2.75, 3.05) is 19.6 Å². The molecule has 0 aliphatic carbocycles. The number of carbonyl (C=O) groups is 1. The van der Waals surface area contributed by atoms with E-state index in [1.54, 1.807) is 0 Å². The number of nitrogens with zero attached hydrogens (tertiary/aromatic N) is 4. The summed E-state index contributed by atoms with van der Waals surface area (Å²) in [5, 5.41) is 19.5. The molecule has 2 atom stereocenters. The van der Waals surface area contributed by atoms with E-state index in [-0.39, 0.29) is 18.7 Å². The Labute approximate surface area is 172 Å². The van der Waals surface area contributed by atoms with Gasteiger partial charge >= 0.3 is 5.97 Å². The Morgan fingerprint density at radius 1 is 1.41 bits per heavy atom. The van der Waals surface area contributed by atoms with Crippen molar-refractivity contribution in [3.63, 3.8) is 0 Å². The number of carboxylic acids is 1. The SMILES string of the molecule is O=C(O)C1=C(CN2CC[C@@H](F)C2)NC(c2ncn[nH]2)=NC1c1ccc(F)cc1Br. The van der Waals surface area contributed by atoms with E-state index in [2.05, 4.69) is 41.4 Å². The van der Waals surface area contributed by atoms with E-state index in [1.165, 1.54) is 24.5 Å². The quantitative estimate of drug-likeness (QED) is 0.623. The molecule has 0 bridgehead atoms. The molecule has 8 nitrogen and oxygen atoms in total. The molecule has 11 heteroatoms. The molecule has 2 aromatic rings. The van der Waals surface area contributed by atoms with Crippen LogP contribution < -0.4 is 5.32 Å². The van der Waals surface area contributed by atoms with Gasteiger partial charge in [0.25, 0.3) is 0 Å². The van der Waals surface area contributed by atoms with Crippen LogP contribution in [0.5, 0.6) is 0 Å². The highest BCUT2D eigenvalue weighted by Gasteiger charge is 2.34. The van der Waals surface area contributed by atoms with Gasteiger partial charge in [-0.1, -0.05) is 22.0 Å². The first-order chi connectivity index (χ1) is 13.9. The first-order valence-electron chi connectivity index (χ1n) is 8.90. The van der Waals surface area contributed by atoms with Crippen LogP contribution in [0, 0.1) is 5.82 Å². The first kappa shape index (κ1) is 19.6. The molecule has 3 heterocycles.